The summed E-state index contributed by atoms with van der Waals surface area (Å²) in [5, 5.41) is 0.340. The maximum absolute atomic E-state index is 12.9. The Morgan fingerprint density at radius 3 is 2.76 bits per heavy atom. The largest absolute Gasteiger partial charge is 0.487 e. The summed E-state index contributed by atoms with van der Waals surface area (Å²) in [6.45, 7) is 2.06. The van der Waals surface area contributed by atoms with Gasteiger partial charge < -0.3 is 4.74 Å². The van der Waals surface area contributed by atoms with Crippen molar-refractivity contribution >= 4 is 11.6 Å². The van der Waals surface area contributed by atoms with Gasteiger partial charge in [-0.3, -0.25) is 4.98 Å². The lowest BCUT2D eigenvalue weighted by Gasteiger charge is -2.08. The topological polar surface area (TPSA) is 35.0 Å². The van der Waals surface area contributed by atoms with Crippen LogP contribution in [-0.4, -0.2) is 9.97 Å². The number of benzene rings is 1. The van der Waals surface area contributed by atoms with Gasteiger partial charge in [-0.25, -0.2) is 9.37 Å². The molecule has 1 aromatic heterocycles. The second kappa shape index (κ2) is 5.10. The second-order valence-corrected chi connectivity index (χ2v) is 3.92. The summed E-state index contributed by atoms with van der Waals surface area (Å²) in [7, 11) is 0. The maximum Gasteiger partial charge on any atom is 0.147 e. The number of aryl methyl sites for hydroxylation is 1. The van der Waals surface area contributed by atoms with E-state index in [1.807, 2.05) is 0 Å². The van der Waals surface area contributed by atoms with Gasteiger partial charge in [-0.15, -0.1) is 0 Å². The zero-order valence-corrected chi connectivity index (χ0v) is 9.91. The Labute approximate surface area is 103 Å². The smallest absolute Gasteiger partial charge is 0.147 e. The number of ether oxygens (including phenoxy) is 1. The van der Waals surface area contributed by atoms with Gasteiger partial charge in [0.25, 0.3) is 0 Å². The van der Waals surface area contributed by atoms with Crippen LogP contribution in [0.1, 0.15) is 11.3 Å². The standard InChI is InChI=1S/C12H10ClFN2O/c1-8-4-9(14)2-3-11(8)17-7-10-5-16-12(13)6-15-10/h2-6H,7H2,1H3. The highest BCUT2D eigenvalue weighted by atomic mass is 35.5. The summed E-state index contributed by atoms with van der Waals surface area (Å²) < 4.78 is 18.4. The molecular formula is C12H10ClFN2O. The van der Waals surface area contributed by atoms with Crippen LogP contribution >= 0.6 is 11.6 Å². The predicted molar refractivity (Wildman–Crippen MR) is 62.5 cm³/mol. The number of hydrogen-bond acceptors (Lipinski definition) is 3. The molecule has 0 aliphatic carbocycles. The Morgan fingerprint density at radius 2 is 2.12 bits per heavy atom. The van der Waals surface area contributed by atoms with E-state index in [1.54, 1.807) is 19.2 Å². The van der Waals surface area contributed by atoms with Gasteiger partial charge in [0.05, 0.1) is 18.1 Å². The monoisotopic (exact) mass is 252 g/mol. The third-order valence-corrected chi connectivity index (χ3v) is 2.38. The lowest BCUT2D eigenvalue weighted by Crippen LogP contribution is -2.00. The molecule has 88 valence electrons. The average molecular weight is 253 g/mol. The van der Waals surface area contributed by atoms with Gasteiger partial charge >= 0.3 is 0 Å². The van der Waals surface area contributed by atoms with E-state index in [0.717, 1.165) is 5.56 Å². The highest BCUT2D eigenvalue weighted by molar-refractivity contribution is 6.29. The second-order valence-electron chi connectivity index (χ2n) is 3.53. The molecule has 0 fully saturated rings. The third-order valence-electron chi connectivity index (χ3n) is 2.19. The lowest BCUT2D eigenvalue weighted by atomic mass is 10.2. The Morgan fingerprint density at radius 1 is 1.29 bits per heavy atom. The molecule has 1 heterocycles. The summed E-state index contributed by atoms with van der Waals surface area (Å²) in [6.07, 6.45) is 3.00. The number of aromatic nitrogens is 2. The van der Waals surface area contributed by atoms with Gasteiger partial charge in [0, 0.05) is 0 Å². The van der Waals surface area contributed by atoms with Gasteiger partial charge in [0.2, 0.25) is 0 Å². The van der Waals surface area contributed by atoms with Crippen molar-refractivity contribution in [1.29, 1.82) is 0 Å². The summed E-state index contributed by atoms with van der Waals surface area (Å²) >= 11 is 5.62. The van der Waals surface area contributed by atoms with E-state index in [1.165, 1.54) is 18.3 Å². The van der Waals surface area contributed by atoms with Crippen LogP contribution in [0, 0.1) is 12.7 Å². The zero-order valence-electron chi connectivity index (χ0n) is 9.15. The van der Waals surface area contributed by atoms with Crippen LogP contribution in [0.3, 0.4) is 0 Å². The Bertz CT molecular complexity index is 516. The van der Waals surface area contributed by atoms with Gasteiger partial charge in [-0.1, -0.05) is 11.6 Å². The van der Waals surface area contributed by atoms with Crippen LogP contribution in [0.4, 0.5) is 4.39 Å². The van der Waals surface area contributed by atoms with Gasteiger partial charge in [-0.2, -0.15) is 0 Å². The van der Waals surface area contributed by atoms with E-state index in [2.05, 4.69) is 9.97 Å². The number of rotatable bonds is 3. The molecule has 0 N–H and O–H groups in total. The van der Waals surface area contributed by atoms with Gasteiger partial charge in [0.1, 0.15) is 23.3 Å². The van der Waals surface area contributed by atoms with Crippen LogP contribution in [0.5, 0.6) is 5.75 Å². The quantitative estimate of drug-likeness (QED) is 0.842. The molecule has 0 amide bonds. The first kappa shape index (κ1) is 11.8. The van der Waals surface area contributed by atoms with Crippen molar-refractivity contribution < 1.29 is 9.13 Å². The van der Waals surface area contributed by atoms with Crippen molar-refractivity contribution in [1.82, 2.24) is 9.97 Å². The van der Waals surface area contributed by atoms with Crippen LogP contribution in [0.2, 0.25) is 5.15 Å². The first-order valence-electron chi connectivity index (χ1n) is 5.00. The minimum absolute atomic E-state index is 0.274. The molecule has 0 radical (unpaired) electrons. The number of halogens is 2. The van der Waals surface area contributed by atoms with Crippen LogP contribution in [-0.2, 0) is 6.61 Å². The molecule has 0 aliphatic rings. The summed E-state index contributed by atoms with van der Waals surface area (Å²) in [5.74, 6) is 0.351. The number of hydrogen-bond donors (Lipinski definition) is 0. The molecule has 0 spiro atoms. The van der Waals surface area contributed by atoms with E-state index < -0.39 is 0 Å². The highest BCUT2D eigenvalue weighted by Gasteiger charge is 2.02. The average Bonchev–Trinajstić information content (AvgIpc) is 2.30. The molecule has 17 heavy (non-hydrogen) atoms. The summed E-state index contributed by atoms with van der Waals surface area (Å²) in [5.41, 5.74) is 1.41. The SMILES string of the molecule is Cc1cc(F)ccc1OCc1cnc(Cl)cn1. The van der Waals surface area contributed by atoms with Crippen molar-refractivity contribution in [2.45, 2.75) is 13.5 Å². The van der Waals surface area contributed by atoms with Crippen LogP contribution < -0.4 is 4.74 Å². The maximum atomic E-state index is 12.9. The van der Waals surface area contributed by atoms with Crippen molar-refractivity contribution in [2.75, 3.05) is 0 Å². The lowest BCUT2D eigenvalue weighted by molar-refractivity contribution is 0.298. The molecule has 2 aromatic rings. The third kappa shape index (κ3) is 3.14. The highest BCUT2D eigenvalue weighted by Crippen LogP contribution is 2.19. The fourth-order valence-corrected chi connectivity index (χ4v) is 1.44. The molecule has 0 unspecified atom stereocenters. The molecule has 2 rings (SSSR count). The molecule has 0 atom stereocenters. The summed E-state index contributed by atoms with van der Waals surface area (Å²) in [6, 6.07) is 4.37. The molecule has 0 saturated heterocycles. The first-order valence-corrected chi connectivity index (χ1v) is 5.38. The van der Waals surface area contributed by atoms with E-state index in [4.69, 9.17) is 16.3 Å². The molecule has 0 saturated carbocycles. The fourth-order valence-electron chi connectivity index (χ4n) is 1.34. The number of nitrogens with zero attached hydrogens (tertiary/aromatic N) is 2. The predicted octanol–water partition coefficient (Wildman–Crippen LogP) is 3.16. The van der Waals surface area contributed by atoms with Gasteiger partial charge in [-0.05, 0) is 30.7 Å². The first-order chi connectivity index (χ1) is 8.15. The van der Waals surface area contributed by atoms with E-state index in [0.29, 0.717) is 16.6 Å². The minimum Gasteiger partial charge on any atom is -0.487 e. The molecular weight excluding hydrogens is 243 g/mol. The normalized spacial score (nSPS) is 10.3. The van der Waals surface area contributed by atoms with E-state index >= 15 is 0 Å². The molecule has 3 nitrogen and oxygen atoms in total. The Hall–Kier alpha value is -1.68. The Kier molecular flexibility index (Phi) is 3.54. The molecule has 0 bridgehead atoms. The molecule has 5 heteroatoms. The summed E-state index contributed by atoms with van der Waals surface area (Å²) in [4.78, 5) is 7.94. The molecule has 0 aliphatic heterocycles. The zero-order chi connectivity index (χ0) is 12.3. The van der Waals surface area contributed by atoms with Gasteiger partial charge in [0.15, 0.2) is 0 Å². The molecule has 1 aromatic carbocycles. The van der Waals surface area contributed by atoms with Crippen molar-refractivity contribution in [2.24, 2.45) is 0 Å². The van der Waals surface area contributed by atoms with Crippen molar-refractivity contribution in [3.63, 3.8) is 0 Å². The van der Waals surface area contributed by atoms with Crippen molar-refractivity contribution in [3.8, 4) is 5.75 Å². The van der Waals surface area contributed by atoms with E-state index in [9.17, 15) is 4.39 Å². The van der Waals surface area contributed by atoms with E-state index in [-0.39, 0.29) is 12.4 Å². The van der Waals surface area contributed by atoms with Crippen molar-refractivity contribution in [3.05, 3.63) is 52.8 Å². The fraction of sp³-hybridized carbons (Fsp3) is 0.167. The Balaban J connectivity index is 2.04. The van der Waals surface area contributed by atoms with Crippen LogP contribution in [0.15, 0.2) is 30.6 Å². The minimum atomic E-state index is -0.277. The van der Waals surface area contributed by atoms with Crippen LogP contribution in [0.25, 0.3) is 0 Å².